The van der Waals surface area contributed by atoms with Crippen LogP contribution >= 0.6 is 0 Å². The zero-order valence-electron chi connectivity index (χ0n) is 11.4. The van der Waals surface area contributed by atoms with Crippen LogP contribution in [-0.4, -0.2) is 47.6 Å². The normalized spacial score (nSPS) is 29.2. The predicted molar refractivity (Wildman–Crippen MR) is 71.8 cm³/mol. The summed E-state index contributed by atoms with van der Waals surface area (Å²) in [6, 6.07) is 0.645. The Hall–Kier alpha value is -1.10. The van der Waals surface area contributed by atoms with Crippen molar-refractivity contribution in [3.8, 4) is 0 Å². The maximum Gasteiger partial charge on any atom is 0.303 e. The van der Waals surface area contributed by atoms with Gasteiger partial charge < -0.3 is 15.3 Å². The summed E-state index contributed by atoms with van der Waals surface area (Å²) in [4.78, 5) is 24.4. The standard InChI is InChI=1S/C14H24N2O3/c17-13(2-1-3-14(18)19)15-7-4-12-10-11-5-8-16(12)9-6-11/h11-12H,1-10H2,(H,15,17)(H,18,19). The lowest BCUT2D eigenvalue weighted by molar-refractivity contribution is -0.137. The van der Waals surface area contributed by atoms with E-state index < -0.39 is 5.97 Å². The molecule has 3 saturated heterocycles. The van der Waals surface area contributed by atoms with E-state index in [0.29, 0.717) is 18.9 Å². The van der Waals surface area contributed by atoms with Crippen LogP contribution in [0.1, 0.15) is 44.9 Å². The molecule has 1 amide bonds. The highest BCUT2D eigenvalue weighted by molar-refractivity contribution is 5.76. The zero-order chi connectivity index (χ0) is 13.7. The summed E-state index contributed by atoms with van der Waals surface area (Å²) in [5.74, 6) is 0.0531. The predicted octanol–water partition coefficient (Wildman–Crippen LogP) is 1.23. The molecule has 2 N–H and O–H groups in total. The molecule has 3 heterocycles. The molecule has 1 unspecified atom stereocenters. The van der Waals surface area contributed by atoms with Crippen molar-refractivity contribution < 1.29 is 14.7 Å². The molecule has 0 aromatic carbocycles. The molecule has 19 heavy (non-hydrogen) atoms. The van der Waals surface area contributed by atoms with Gasteiger partial charge >= 0.3 is 5.97 Å². The summed E-state index contributed by atoms with van der Waals surface area (Å²) < 4.78 is 0. The molecule has 108 valence electrons. The summed E-state index contributed by atoms with van der Waals surface area (Å²) in [5, 5.41) is 11.4. The quantitative estimate of drug-likeness (QED) is 0.728. The van der Waals surface area contributed by atoms with Crippen LogP contribution in [0.15, 0.2) is 0 Å². The van der Waals surface area contributed by atoms with Gasteiger partial charge in [0, 0.05) is 25.4 Å². The minimum absolute atomic E-state index is 0.0165. The number of amides is 1. The minimum Gasteiger partial charge on any atom is -0.481 e. The number of hydrogen-bond donors (Lipinski definition) is 2. The summed E-state index contributed by atoms with van der Waals surface area (Å²) >= 11 is 0. The third-order valence-electron chi connectivity index (χ3n) is 4.37. The summed E-state index contributed by atoms with van der Waals surface area (Å²) in [6.45, 7) is 3.17. The van der Waals surface area contributed by atoms with Crippen molar-refractivity contribution in [2.45, 2.75) is 51.0 Å². The average Bonchev–Trinajstić information content (AvgIpc) is 2.39. The maximum absolute atomic E-state index is 11.5. The van der Waals surface area contributed by atoms with Crippen LogP contribution in [0, 0.1) is 5.92 Å². The third-order valence-corrected chi connectivity index (χ3v) is 4.37. The number of carboxylic acid groups (broad SMARTS) is 1. The lowest BCUT2D eigenvalue weighted by Crippen LogP contribution is -2.49. The molecule has 5 nitrogen and oxygen atoms in total. The molecule has 0 radical (unpaired) electrons. The van der Waals surface area contributed by atoms with Gasteiger partial charge in [-0.3, -0.25) is 9.59 Å². The van der Waals surface area contributed by atoms with Gasteiger partial charge in [0.25, 0.3) is 0 Å². The number of rotatable bonds is 7. The van der Waals surface area contributed by atoms with Crippen LogP contribution in [0.25, 0.3) is 0 Å². The molecule has 0 spiro atoms. The molecule has 0 aromatic heterocycles. The first-order valence-corrected chi connectivity index (χ1v) is 7.37. The Labute approximate surface area is 114 Å². The third kappa shape index (κ3) is 4.49. The van der Waals surface area contributed by atoms with Gasteiger partial charge in [-0.25, -0.2) is 0 Å². The topological polar surface area (TPSA) is 69.6 Å². The van der Waals surface area contributed by atoms with Crippen molar-refractivity contribution in [1.29, 1.82) is 0 Å². The first kappa shape index (κ1) is 14.3. The summed E-state index contributed by atoms with van der Waals surface area (Å²) in [5.41, 5.74) is 0. The Balaban J connectivity index is 1.56. The van der Waals surface area contributed by atoms with Crippen molar-refractivity contribution in [3.63, 3.8) is 0 Å². The Kier molecular flexibility index (Phi) is 5.19. The molecule has 2 bridgehead atoms. The van der Waals surface area contributed by atoms with E-state index >= 15 is 0 Å². The van der Waals surface area contributed by atoms with Gasteiger partial charge in [0.1, 0.15) is 0 Å². The van der Waals surface area contributed by atoms with Crippen molar-refractivity contribution in [2.24, 2.45) is 5.92 Å². The second-order valence-corrected chi connectivity index (χ2v) is 5.75. The van der Waals surface area contributed by atoms with Crippen molar-refractivity contribution in [1.82, 2.24) is 10.2 Å². The van der Waals surface area contributed by atoms with Gasteiger partial charge in [0.15, 0.2) is 0 Å². The van der Waals surface area contributed by atoms with E-state index in [4.69, 9.17) is 5.11 Å². The van der Waals surface area contributed by atoms with Crippen LogP contribution in [0.5, 0.6) is 0 Å². The number of nitrogens with one attached hydrogen (secondary N) is 1. The summed E-state index contributed by atoms with van der Waals surface area (Å²) in [7, 11) is 0. The number of piperidine rings is 3. The van der Waals surface area contributed by atoms with E-state index in [2.05, 4.69) is 10.2 Å². The van der Waals surface area contributed by atoms with E-state index in [9.17, 15) is 9.59 Å². The highest BCUT2D eigenvalue weighted by atomic mass is 16.4. The van der Waals surface area contributed by atoms with Crippen LogP contribution in [0.4, 0.5) is 0 Å². The molecule has 1 atom stereocenters. The number of fused-ring (bicyclic) bond motifs is 3. The number of carboxylic acids is 1. The van der Waals surface area contributed by atoms with Gasteiger partial charge in [-0.1, -0.05) is 0 Å². The fourth-order valence-corrected chi connectivity index (χ4v) is 3.25. The van der Waals surface area contributed by atoms with Gasteiger partial charge in [-0.2, -0.15) is 0 Å². The second kappa shape index (κ2) is 6.89. The fourth-order valence-electron chi connectivity index (χ4n) is 3.25. The molecule has 5 heteroatoms. The van der Waals surface area contributed by atoms with Gasteiger partial charge in [-0.05, 0) is 51.1 Å². The number of aliphatic carboxylic acids is 1. The number of carbonyl (C=O) groups excluding carboxylic acids is 1. The monoisotopic (exact) mass is 268 g/mol. The lowest BCUT2D eigenvalue weighted by atomic mass is 9.82. The van der Waals surface area contributed by atoms with E-state index in [1.165, 1.54) is 32.4 Å². The molecule has 0 aliphatic carbocycles. The number of hydrogen-bond acceptors (Lipinski definition) is 3. The van der Waals surface area contributed by atoms with Gasteiger partial charge in [-0.15, -0.1) is 0 Å². The molecular weight excluding hydrogens is 244 g/mol. The van der Waals surface area contributed by atoms with E-state index in [1.807, 2.05) is 0 Å². The van der Waals surface area contributed by atoms with Gasteiger partial charge in [0.05, 0.1) is 0 Å². The molecular formula is C14H24N2O3. The van der Waals surface area contributed by atoms with Crippen LogP contribution in [0.2, 0.25) is 0 Å². The first-order valence-electron chi connectivity index (χ1n) is 7.37. The SMILES string of the molecule is O=C(O)CCCC(=O)NCCC1CC2CCN1CC2. The Morgan fingerprint density at radius 2 is 1.95 bits per heavy atom. The molecule has 3 rings (SSSR count). The van der Waals surface area contributed by atoms with Crippen LogP contribution in [0.3, 0.4) is 0 Å². The highest BCUT2D eigenvalue weighted by Gasteiger charge is 2.32. The lowest BCUT2D eigenvalue weighted by Gasteiger charge is -2.45. The molecule has 3 fully saturated rings. The van der Waals surface area contributed by atoms with Crippen LogP contribution < -0.4 is 5.32 Å². The minimum atomic E-state index is -0.834. The van der Waals surface area contributed by atoms with Crippen molar-refractivity contribution in [2.75, 3.05) is 19.6 Å². The average molecular weight is 268 g/mol. The molecule has 3 aliphatic heterocycles. The Bertz CT molecular complexity index is 325. The van der Waals surface area contributed by atoms with Crippen LogP contribution in [-0.2, 0) is 9.59 Å². The Morgan fingerprint density at radius 3 is 2.53 bits per heavy atom. The Morgan fingerprint density at radius 1 is 1.21 bits per heavy atom. The van der Waals surface area contributed by atoms with E-state index in [-0.39, 0.29) is 12.3 Å². The van der Waals surface area contributed by atoms with E-state index in [1.54, 1.807) is 0 Å². The van der Waals surface area contributed by atoms with Gasteiger partial charge in [0.2, 0.25) is 5.91 Å². The van der Waals surface area contributed by atoms with Crippen molar-refractivity contribution >= 4 is 11.9 Å². The second-order valence-electron chi connectivity index (χ2n) is 5.75. The maximum atomic E-state index is 11.5. The van der Waals surface area contributed by atoms with Crippen molar-refractivity contribution in [3.05, 3.63) is 0 Å². The zero-order valence-corrected chi connectivity index (χ0v) is 11.4. The van der Waals surface area contributed by atoms with E-state index in [0.717, 1.165) is 18.9 Å². The molecule has 3 aliphatic rings. The molecule has 0 aromatic rings. The molecule has 0 saturated carbocycles. The summed E-state index contributed by atoms with van der Waals surface area (Å²) in [6.07, 6.45) is 5.83. The smallest absolute Gasteiger partial charge is 0.303 e. The highest BCUT2D eigenvalue weighted by Crippen LogP contribution is 2.32. The fraction of sp³-hybridized carbons (Fsp3) is 0.857. The largest absolute Gasteiger partial charge is 0.481 e. The number of carbonyl (C=O) groups is 2. The first-order chi connectivity index (χ1) is 9.15. The number of nitrogens with zero attached hydrogens (tertiary/aromatic N) is 1.